The van der Waals surface area contributed by atoms with E-state index in [-0.39, 0.29) is 36.8 Å². The number of pyridine rings is 1. The van der Waals surface area contributed by atoms with Gasteiger partial charge in [0.05, 0.1) is 12.5 Å². The fourth-order valence-corrected chi connectivity index (χ4v) is 7.53. The minimum Gasteiger partial charge on any atom is -0.457 e. The second-order valence-electron chi connectivity index (χ2n) is 15.2. The molecule has 1 aromatic carbocycles. The molecule has 3 aromatic rings. The van der Waals surface area contributed by atoms with Crippen molar-refractivity contribution in [3.8, 4) is 0 Å². The van der Waals surface area contributed by atoms with Crippen molar-refractivity contribution in [1.29, 1.82) is 0 Å². The molecule has 0 spiro atoms. The number of aliphatic hydroxyl groups is 1. The number of benzene rings is 1. The normalized spacial score (nSPS) is 25.2. The molecule has 3 aliphatic rings. The quantitative estimate of drug-likeness (QED) is 0.252. The number of ether oxygens (including phenoxy) is 2. The van der Waals surface area contributed by atoms with Crippen LogP contribution in [-0.2, 0) is 32.2 Å². The first-order valence-corrected chi connectivity index (χ1v) is 19.6. The van der Waals surface area contributed by atoms with Crippen LogP contribution in [0.5, 0.6) is 0 Å². The number of carbonyl (C=O) groups is 3. The maximum atomic E-state index is 15.1. The Morgan fingerprint density at radius 1 is 0.982 bits per heavy atom. The lowest BCUT2D eigenvalue weighted by atomic mass is 9.91. The minimum atomic E-state index is -0.912. The van der Waals surface area contributed by atoms with Gasteiger partial charge in [-0.1, -0.05) is 32.1 Å². The van der Waals surface area contributed by atoms with E-state index in [1.54, 1.807) is 39.1 Å². The maximum absolute atomic E-state index is 15.1. The van der Waals surface area contributed by atoms with Crippen LogP contribution in [0.25, 0.3) is 6.08 Å². The predicted molar refractivity (Wildman–Crippen MR) is 210 cm³/mol. The van der Waals surface area contributed by atoms with Gasteiger partial charge >= 0.3 is 12.1 Å². The Balaban J connectivity index is 1.11. The fraction of sp³-hybridized carbons (Fsp3) is 0.500. The monoisotopic (exact) mass is 771 g/mol. The van der Waals surface area contributed by atoms with E-state index in [0.29, 0.717) is 68.9 Å². The molecule has 0 unspecified atom stereocenters. The van der Waals surface area contributed by atoms with Crippen LogP contribution in [0.4, 0.5) is 14.9 Å². The highest BCUT2D eigenvalue weighted by Gasteiger charge is 2.30. The summed E-state index contributed by atoms with van der Waals surface area (Å²) in [6.45, 7) is 11.3. The van der Waals surface area contributed by atoms with Crippen molar-refractivity contribution < 1.29 is 33.4 Å². The zero-order chi connectivity index (χ0) is 39.6. The highest BCUT2D eigenvalue weighted by Crippen LogP contribution is 2.28. The summed E-state index contributed by atoms with van der Waals surface area (Å²) in [6.07, 6.45) is 10.8. The van der Waals surface area contributed by atoms with Gasteiger partial charge in [-0.3, -0.25) is 24.2 Å². The molecule has 0 radical (unpaired) electrons. The van der Waals surface area contributed by atoms with Gasteiger partial charge in [0.25, 0.3) is 0 Å². The smallest absolute Gasteiger partial charge is 0.410 e. The molecular weight excluding hydrogens is 718 g/mol. The van der Waals surface area contributed by atoms with Gasteiger partial charge in [-0.2, -0.15) is 5.10 Å². The van der Waals surface area contributed by atoms with Crippen LogP contribution in [0.1, 0.15) is 51.2 Å². The summed E-state index contributed by atoms with van der Waals surface area (Å²) in [4.78, 5) is 51.4. The van der Waals surface area contributed by atoms with Crippen LogP contribution >= 0.6 is 0 Å². The Hall–Kier alpha value is -5.08. The second kappa shape index (κ2) is 19.2. The number of hydrogen-bond acceptors (Lipinski definition) is 10. The zero-order valence-corrected chi connectivity index (χ0v) is 32.6. The molecular formula is C42H54FN7O6. The second-order valence-corrected chi connectivity index (χ2v) is 15.2. The number of anilines is 1. The summed E-state index contributed by atoms with van der Waals surface area (Å²) < 4.78 is 28.8. The summed E-state index contributed by atoms with van der Waals surface area (Å²) in [7, 11) is 0. The Labute approximate surface area is 328 Å². The number of halogens is 1. The van der Waals surface area contributed by atoms with E-state index >= 15 is 4.39 Å². The summed E-state index contributed by atoms with van der Waals surface area (Å²) in [6, 6.07) is 10.6. The Morgan fingerprint density at radius 3 is 2.46 bits per heavy atom. The van der Waals surface area contributed by atoms with E-state index < -0.39 is 30.1 Å². The standard InChI is InChI=1S/C42H54FN7O6/c1-30-7-9-37(51)26-40(53)56-41(31(2)8-10-38(30)55-42(54)49-16-14-46(15-17-49)28-33-6-4-11-44-27-33)32(3)22-34-23-35(43)25-36(24-34)47-18-20-48(21-19-47)39(52)29-50-13-5-12-45-50/h4-6,8,10-13,22-25,27,30-31,37-38,41,51H,7,9,14-21,26,28-29H2,1-3H3/b10-8-,32-22+/t30-,31-,37+,38-,41-/m0/s1. The number of piperazine rings is 2. The van der Waals surface area contributed by atoms with Crippen LogP contribution in [-0.4, -0.2) is 123 Å². The molecule has 0 bridgehead atoms. The average Bonchev–Trinajstić information content (AvgIpc) is 3.70. The van der Waals surface area contributed by atoms with Crippen LogP contribution in [0.3, 0.4) is 0 Å². The van der Waals surface area contributed by atoms with Gasteiger partial charge in [0.2, 0.25) is 5.91 Å². The molecule has 2 saturated heterocycles. The Morgan fingerprint density at radius 2 is 1.75 bits per heavy atom. The lowest BCUT2D eigenvalue weighted by molar-refractivity contribution is -0.151. The number of cyclic esters (lactones) is 1. The molecule has 2 amide bonds. The summed E-state index contributed by atoms with van der Waals surface area (Å²) >= 11 is 0. The SMILES string of the molecule is C/C(=C\c1cc(F)cc(N2CCN(C(=O)Cn3cccn3)CC2)c1)[C@H]1OC(=O)C[C@H](O)CC[C@H](C)[C@@H](OC(=O)N2CCN(Cc3cccnc3)CC2)/C=C\[C@@H]1C. The molecule has 2 fully saturated rings. The fourth-order valence-electron chi connectivity index (χ4n) is 7.53. The van der Waals surface area contributed by atoms with Gasteiger partial charge < -0.3 is 29.3 Å². The van der Waals surface area contributed by atoms with E-state index in [1.165, 1.54) is 12.1 Å². The number of rotatable bonds is 8. The van der Waals surface area contributed by atoms with E-state index in [0.717, 1.165) is 25.2 Å². The van der Waals surface area contributed by atoms with Crippen molar-refractivity contribution in [2.45, 2.75) is 71.4 Å². The number of hydrogen-bond donors (Lipinski definition) is 1. The molecule has 14 heteroatoms. The number of nitrogens with zero attached hydrogens (tertiary/aromatic N) is 7. The van der Waals surface area contributed by atoms with E-state index in [4.69, 9.17) is 9.47 Å². The van der Waals surface area contributed by atoms with Crippen molar-refractivity contribution in [2.24, 2.45) is 11.8 Å². The molecule has 0 saturated carbocycles. The van der Waals surface area contributed by atoms with E-state index in [1.807, 2.05) is 63.4 Å². The first-order chi connectivity index (χ1) is 27.0. The lowest BCUT2D eigenvalue weighted by Gasteiger charge is -2.36. The molecule has 5 heterocycles. The zero-order valence-electron chi connectivity index (χ0n) is 32.6. The van der Waals surface area contributed by atoms with Crippen LogP contribution < -0.4 is 4.90 Å². The topological polar surface area (TPSA) is 134 Å². The van der Waals surface area contributed by atoms with Crippen molar-refractivity contribution in [3.05, 3.63) is 95.9 Å². The van der Waals surface area contributed by atoms with Gasteiger partial charge in [-0.05, 0) is 78.8 Å². The first-order valence-electron chi connectivity index (χ1n) is 19.6. The van der Waals surface area contributed by atoms with Crippen LogP contribution in [0, 0.1) is 17.7 Å². The summed E-state index contributed by atoms with van der Waals surface area (Å²) in [5.74, 6) is -1.39. The third-order valence-electron chi connectivity index (χ3n) is 10.9. The van der Waals surface area contributed by atoms with Gasteiger partial charge in [0, 0.05) is 95.3 Å². The van der Waals surface area contributed by atoms with Gasteiger partial charge in [-0.25, -0.2) is 9.18 Å². The van der Waals surface area contributed by atoms with Crippen molar-refractivity contribution in [3.63, 3.8) is 0 Å². The third kappa shape index (κ3) is 11.3. The van der Waals surface area contributed by atoms with Crippen LogP contribution in [0.2, 0.25) is 0 Å². The average molecular weight is 772 g/mol. The molecule has 0 aliphatic carbocycles. The number of aromatic nitrogens is 3. The minimum absolute atomic E-state index is 0.0143. The van der Waals surface area contributed by atoms with Crippen molar-refractivity contribution in [2.75, 3.05) is 57.3 Å². The molecule has 300 valence electrons. The lowest BCUT2D eigenvalue weighted by Crippen LogP contribution is -2.49. The number of amides is 2. The summed E-state index contributed by atoms with van der Waals surface area (Å²) in [5.41, 5.74) is 3.13. The number of aliphatic hydroxyl groups excluding tert-OH is 1. The molecule has 3 aliphatic heterocycles. The maximum Gasteiger partial charge on any atom is 0.410 e. The van der Waals surface area contributed by atoms with E-state index in [9.17, 15) is 19.5 Å². The molecule has 13 nitrogen and oxygen atoms in total. The first kappa shape index (κ1) is 40.6. The molecule has 56 heavy (non-hydrogen) atoms. The van der Waals surface area contributed by atoms with Crippen LogP contribution in [0.15, 0.2) is 78.9 Å². The highest BCUT2D eigenvalue weighted by atomic mass is 19.1. The van der Waals surface area contributed by atoms with Crippen molar-refractivity contribution >= 4 is 29.7 Å². The van der Waals surface area contributed by atoms with Gasteiger partial charge in [0.1, 0.15) is 24.6 Å². The Bertz CT molecular complexity index is 1820. The summed E-state index contributed by atoms with van der Waals surface area (Å²) in [5, 5.41) is 14.9. The number of esters is 1. The largest absolute Gasteiger partial charge is 0.457 e. The van der Waals surface area contributed by atoms with Gasteiger partial charge in [0.15, 0.2) is 0 Å². The predicted octanol–water partition coefficient (Wildman–Crippen LogP) is 4.78. The molecule has 6 rings (SSSR count). The van der Waals surface area contributed by atoms with E-state index in [2.05, 4.69) is 19.9 Å². The third-order valence-corrected chi connectivity index (χ3v) is 10.9. The molecule has 2 aromatic heterocycles. The van der Waals surface area contributed by atoms with Crippen molar-refractivity contribution in [1.82, 2.24) is 29.5 Å². The Kier molecular flexibility index (Phi) is 13.9. The van der Waals surface area contributed by atoms with Gasteiger partial charge in [-0.15, -0.1) is 0 Å². The molecule has 5 atom stereocenters. The highest BCUT2D eigenvalue weighted by molar-refractivity contribution is 5.76. The molecule has 1 N–H and O–H groups in total. The number of carbonyl (C=O) groups excluding carboxylic acids is 3.